The molecule has 0 fully saturated rings. The van der Waals surface area contributed by atoms with E-state index in [0.29, 0.717) is 15.9 Å². The predicted molar refractivity (Wildman–Crippen MR) is 70.0 cm³/mol. The normalized spacial score (nSPS) is 10.2. The van der Waals surface area contributed by atoms with Crippen LogP contribution in [0.3, 0.4) is 0 Å². The van der Waals surface area contributed by atoms with Gasteiger partial charge in [-0.3, -0.25) is 5.43 Å². The van der Waals surface area contributed by atoms with Crippen molar-refractivity contribution in [3.05, 3.63) is 23.2 Å². The predicted octanol–water partition coefficient (Wildman–Crippen LogP) is 2.06. The van der Waals surface area contributed by atoms with Crippen molar-refractivity contribution in [2.45, 2.75) is 6.92 Å². The van der Waals surface area contributed by atoms with E-state index in [1.165, 1.54) is 0 Å². The van der Waals surface area contributed by atoms with Gasteiger partial charge in [0.15, 0.2) is 5.82 Å². The van der Waals surface area contributed by atoms with Crippen molar-refractivity contribution >= 4 is 34.4 Å². The number of rotatable bonds is 3. The molecule has 0 saturated carbocycles. The summed E-state index contributed by atoms with van der Waals surface area (Å²) in [4.78, 5) is 18.8. The highest BCUT2D eigenvalue weighted by molar-refractivity contribution is 6.31. The minimum absolute atomic E-state index is 0.243. The molecule has 1 amide bonds. The molecule has 1 aromatic heterocycles. The molecule has 2 aromatic rings. The monoisotopic (exact) mass is 282 g/mol. The number of aromatic hydroxyl groups is 1. The number of fused-ring (bicyclic) bond motifs is 1. The van der Waals surface area contributed by atoms with E-state index in [9.17, 15) is 9.90 Å². The first-order valence-corrected chi connectivity index (χ1v) is 5.83. The zero-order valence-electron chi connectivity index (χ0n) is 9.98. The standard InChI is InChI=1S/C11H11ClN4O3/c1-2-19-11(18)16-15-9-7-4-3-6(12)5-8(7)13-10(17)14-9/h3-5H,2H2,1H3,(H,16,18)(H2,13,14,15,17). The number of carbonyl (C=O) groups is 1. The van der Waals surface area contributed by atoms with Crippen LogP contribution in [0.4, 0.5) is 10.6 Å². The molecule has 0 aliphatic rings. The molecule has 0 aliphatic heterocycles. The number of hydrogen-bond donors (Lipinski definition) is 3. The zero-order valence-corrected chi connectivity index (χ0v) is 10.7. The van der Waals surface area contributed by atoms with Crippen molar-refractivity contribution in [2.24, 2.45) is 0 Å². The number of nitrogens with zero attached hydrogens (tertiary/aromatic N) is 2. The Morgan fingerprint density at radius 2 is 2.26 bits per heavy atom. The van der Waals surface area contributed by atoms with Crippen LogP contribution in [0.1, 0.15) is 6.92 Å². The molecule has 0 unspecified atom stereocenters. The van der Waals surface area contributed by atoms with Crippen LogP contribution in [0, 0.1) is 0 Å². The first-order chi connectivity index (χ1) is 9.10. The number of anilines is 1. The lowest BCUT2D eigenvalue weighted by atomic mass is 10.2. The summed E-state index contributed by atoms with van der Waals surface area (Å²) in [5.41, 5.74) is 5.29. The molecule has 1 aromatic carbocycles. The number of hydrazine groups is 1. The third kappa shape index (κ3) is 3.14. The van der Waals surface area contributed by atoms with Crippen LogP contribution < -0.4 is 10.9 Å². The lowest BCUT2D eigenvalue weighted by molar-refractivity contribution is 0.154. The third-order valence-corrected chi connectivity index (χ3v) is 2.44. The van der Waals surface area contributed by atoms with Crippen molar-refractivity contribution in [1.29, 1.82) is 0 Å². The Morgan fingerprint density at radius 1 is 1.47 bits per heavy atom. The van der Waals surface area contributed by atoms with Gasteiger partial charge in [-0.2, -0.15) is 9.97 Å². The summed E-state index contributed by atoms with van der Waals surface area (Å²) >= 11 is 5.84. The largest absolute Gasteiger partial charge is 0.479 e. The van der Waals surface area contributed by atoms with Gasteiger partial charge in [0.1, 0.15) is 0 Å². The summed E-state index contributed by atoms with van der Waals surface area (Å²) in [6.45, 7) is 1.94. The van der Waals surface area contributed by atoms with Crippen LogP contribution in [0.15, 0.2) is 18.2 Å². The highest BCUT2D eigenvalue weighted by Gasteiger charge is 2.08. The van der Waals surface area contributed by atoms with Gasteiger partial charge in [-0.05, 0) is 25.1 Å². The number of halogens is 1. The Bertz CT molecular complexity index is 615. The quantitative estimate of drug-likeness (QED) is 0.746. The number of aromatic nitrogens is 2. The maximum absolute atomic E-state index is 11.2. The first-order valence-electron chi connectivity index (χ1n) is 5.45. The van der Waals surface area contributed by atoms with Crippen LogP contribution in [-0.4, -0.2) is 27.8 Å². The van der Waals surface area contributed by atoms with Crippen LogP contribution in [-0.2, 0) is 4.74 Å². The number of hydrogen-bond acceptors (Lipinski definition) is 6. The van der Waals surface area contributed by atoms with E-state index in [2.05, 4.69) is 25.6 Å². The Morgan fingerprint density at radius 3 is 3.00 bits per heavy atom. The topological polar surface area (TPSA) is 96.4 Å². The van der Waals surface area contributed by atoms with Gasteiger partial charge < -0.3 is 9.84 Å². The van der Waals surface area contributed by atoms with E-state index in [1.54, 1.807) is 25.1 Å². The van der Waals surface area contributed by atoms with E-state index in [0.717, 1.165) is 0 Å². The summed E-state index contributed by atoms with van der Waals surface area (Å²) in [6, 6.07) is 4.47. The molecule has 100 valence electrons. The van der Waals surface area contributed by atoms with E-state index in [-0.39, 0.29) is 12.4 Å². The lowest BCUT2D eigenvalue weighted by Gasteiger charge is -2.10. The second-order valence-electron chi connectivity index (χ2n) is 3.50. The van der Waals surface area contributed by atoms with Crippen LogP contribution in [0.25, 0.3) is 10.9 Å². The summed E-state index contributed by atoms with van der Waals surface area (Å²) in [5, 5.41) is 10.5. The van der Waals surface area contributed by atoms with Gasteiger partial charge in [-0.15, -0.1) is 0 Å². The molecule has 7 nitrogen and oxygen atoms in total. The molecule has 3 N–H and O–H groups in total. The Balaban J connectivity index is 2.29. The Hall–Kier alpha value is -2.28. The Kier molecular flexibility index (Phi) is 3.86. The van der Waals surface area contributed by atoms with Gasteiger partial charge in [-0.25, -0.2) is 10.2 Å². The molecule has 19 heavy (non-hydrogen) atoms. The first kappa shape index (κ1) is 13.2. The number of benzene rings is 1. The van der Waals surface area contributed by atoms with Gasteiger partial charge >= 0.3 is 12.1 Å². The number of amides is 1. The fourth-order valence-corrected chi connectivity index (χ4v) is 1.63. The smallest absolute Gasteiger partial charge is 0.425 e. The van der Waals surface area contributed by atoms with Gasteiger partial charge in [-0.1, -0.05) is 11.6 Å². The molecule has 0 saturated heterocycles. The van der Waals surface area contributed by atoms with Crippen molar-refractivity contribution < 1.29 is 14.6 Å². The molecule has 0 aliphatic carbocycles. The number of ether oxygens (including phenoxy) is 1. The summed E-state index contributed by atoms with van der Waals surface area (Å²) in [7, 11) is 0. The van der Waals surface area contributed by atoms with E-state index < -0.39 is 12.1 Å². The molecular formula is C11H11ClN4O3. The van der Waals surface area contributed by atoms with Crippen LogP contribution >= 0.6 is 11.6 Å². The summed E-state index contributed by atoms with van der Waals surface area (Å²) < 4.78 is 4.69. The van der Waals surface area contributed by atoms with Crippen molar-refractivity contribution in [3.8, 4) is 6.01 Å². The minimum atomic E-state index is -0.650. The van der Waals surface area contributed by atoms with Gasteiger partial charge in [0.2, 0.25) is 0 Å². The van der Waals surface area contributed by atoms with E-state index in [1.807, 2.05) is 0 Å². The molecule has 0 bridgehead atoms. The molecule has 8 heteroatoms. The average molecular weight is 283 g/mol. The average Bonchev–Trinajstić information content (AvgIpc) is 2.35. The van der Waals surface area contributed by atoms with Crippen LogP contribution in [0.5, 0.6) is 6.01 Å². The number of carbonyl (C=O) groups excluding carboxylic acids is 1. The van der Waals surface area contributed by atoms with Crippen molar-refractivity contribution in [3.63, 3.8) is 0 Å². The fourth-order valence-electron chi connectivity index (χ4n) is 1.46. The SMILES string of the molecule is CCOC(=O)NNc1nc(O)nc2cc(Cl)ccc12. The van der Waals surface area contributed by atoms with Gasteiger partial charge in [0.25, 0.3) is 0 Å². The molecule has 1 heterocycles. The maximum Gasteiger partial charge on any atom is 0.425 e. The maximum atomic E-state index is 11.2. The Labute approximate surface area is 113 Å². The highest BCUT2D eigenvalue weighted by Crippen LogP contribution is 2.24. The third-order valence-electron chi connectivity index (χ3n) is 2.21. The number of nitrogens with one attached hydrogen (secondary N) is 2. The molecule has 0 atom stereocenters. The van der Waals surface area contributed by atoms with Crippen molar-refractivity contribution in [1.82, 2.24) is 15.4 Å². The molecule has 2 rings (SSSR count). The zero-order chi connectivity index (χ0) is 13.8. The highest BCUT2D eigenvalue weighted by atomic mass is 35.5. The van der Waals surface area contributed by atoms with Crippen molar-refractivity contribution in [2.75, 3.05) is 12.0 Å². The second-order valence-corrected chi connectivity index (χ2v) is 3.94. The minimum Gasteiger partial charge on any atom is -0.479 e. The fraction of sp³-hybridized carbons (Fsp3) is 0.182. The van der Waals surface area contributed by atoms with Gasteiger partial charge in [0, 0.05) is 10.4 Å². The van der Waals surface area contributed by atoms with E-state index >= 15 is 0 Å². The molecule has 0 radical (unpaired) electrons. The molecule has 0 spiro atoms. The summed E-state index contributed by atoms with van der Waals surface area (Å²) in [6.07, 6.45) is -0.650. The van der Waals surface area contributed by atoms with Crippen LogP contribution in [0.2, 0.25) is 5.02 Å². The second kappa shape index (κ2) is 5.57. The van der Waals surface area contributed by atoms with Gasteiger partial charge in [0.05, 0.1) is 12.1 Å². The lowest BCUT2D eigenvalue weighted by Crippen LogP contribution is -2.30. The molecular weight excluding hydrogens is 272 g/mol. The van der Waals surface area contributed by atoms with E-state index in [4.69, 9.17) is 11.6 Å². The summed E-state index contributed by atoms with van der Waals surface area (Å²) in [5.74, 6) is 0.243.